The van der Waals surface area contributed by atoms with Gasteiger partial charge >= 0.3 is 12.4 Å². The summed E-state index contributed by atoms with van der Waals surface area (Å²) in [4.78, 5) is 29.0. The summed E-state index contributed by atoms with van der Waals surface area (Å²) in [6.07, 6.45) is 2.17. The van der Waals surface area contributed by atoms with E-state index in [1.165, 1.54) is 0 Å². The van der Waals surface area contributed by atoms with E-state index in [4.69, 9.17) is 0 Å². The molecule has 0 unspecified atom stereocenters. The number of alkyl halides is 6. The predicted octanol–water partition coefficient (Wildman–Crippen LogP) is 4.47. The molecule has 5 rings (SSSR count). The van der Waals surface area contributed by atoms with Gasteiger partial charge < -0.3 is 16.0 Å². The van der Waals surface area contributed by atoms with Crippen molar-refractivity contribution < 1.29 is 35.9 Å². The number of hydrogen-bond acceptors (Lipinski definition) is 5. The number of allylic oxidation sites excluding steroid dienone is 4. The Labute approximate surface area is 225 Å². The van der Waals surface area contributed by atoms with Gasteiger partial charge in [0, 0.05) is 24.0 Å². The average molecular weight is 566 g/mol. The van der Waals surface area contributed by atoms with E-state index in [0.717, 1.165) is 17.2 Å². The number of rotatable bonds is 6. The number of nitrogens with zero attached hydrogens (tertiary/aromatic N) is 2. The molecule has 0 atom stereocenters. The van der Waals surface area contributed by atoms with E-state index in [2.05, 4.69) is 10.6 Å². The standard InChI is InChI=1S/C27H25F6N5O2/c28-26(29,30)20-4-2-5-21(27(31,32)33)24(20)36-23(39)15-37-9-7-16(8-10-37)13-35-25(40)17-11-18-3-1-6-22-34-14-19(12-17)38(18)22/h1-6,11-12,14,16,34H,7-10,13,15H2,(H,35,40)(H,36,39). The molecule has 0 saturated carbocycles. The highest BCUT2D eigenvalue weighted by Crippen LogP contribution is 2.42. The Bertz CT molecular complexity index is 1330. The van der Waals surface area contributed by atoms with Crippen molar-refractivity contribution in [2.45, 2.75) is 25.2 Å². The first-order chi connectivity index (χ1) is 18.9. The molecule has 3 N–H and O–H groups in total. The van der Waals surface area contributed by atoms with Gasteiger partial charge in [-0.05, 0) is 68.3 Å². The smallest absolute Gasteiger partial charge is 0.352 e. The van der Waals surface area contributed by atoms with Gasteiger partial charge in [-0.3, -0.25) is 19.4 Å². The molecule has 4 heterocycles. The lowest BCUT2D eigenvalue weighted by Gasteiger charge is -2.32. The molecule has 7 nitrogen and oxygen atoms in total. The largest absolute Gasteiger partial charge is 0.418 e. The maximum Gasteiger partial charge on any atom is 0.418 e. The molecule has 1 fully saturated rings. The number of piperidine rings is 1. The van der Waals surface area contributed by atoms with Gasteiger partial charge in [0.1, 0.15) is 5.82 Å². The monoisotopic (exact) mass is 565 g/mol. The number of likely N-dealkylation sites (tertiary alicyclic amines) is 1. The minimum atomic E-state index is -5.08. The number of halogens is 6. The van der Waals surface area contributed by atoms with Crippen molar-refractivity contribution in [1.82, 2.24) is 20.4 Å². The molecule has 0 aromatic heterocycles. The van der Waals surface area contributed by atoms with E-state index in [1.54, 1.807) is 17.1 Å². The van der Waals surface area contributed by atoms with Crippen LogP contribution in [0.15, 0.2) is 77.6 Å². The summed E-state index contributed by atoms with van der Waals surface area (Å²) in [5.41, 5.74) is -2.17. The van der Waals surface area contributed by atoms with Crippen molar-refractivity contribution in [3.63, 3.8) is 0 Å². The molecule has 1 aromatic rings. The second-order valence-corrected chi connectivity index (χ2v) is 9.83. The molecule has 212 valence electrons. The maximum atomic E-state index is 13.4. The summed E-state index contributed by atoms with van der Waals surface area (Å²) < 4.78 is 80.1. The van der Waals surface area contributed by atoms with Gasteiger partial charge in [-0.2, -0.15) is 26.3 Å². The molecule has 4 aliphatic heterocycles. The number of amides is 2. The fourth-order valence-electron chi connectivity index (χ4n) is 5.08. The lowest BCUT2D eigenvalue weighted by Crippen LogP contribution is -2.42. The van der Waals surface area contributed by atoms with Crippen molar-refractivity contribution in [2.75, 3.05) is 31.5 Å². The molecule has 0 radical (unpaired) electrons. The van der Waals surface area contributed by atoms with Gasteiger partial charge in [0.25, 0.3) is 5.91 Å². The number of anilines is 1. The van der Waals surface area contributed by atoms with Crippen molar-refractivity contribution in [3.8, 4) is 0 Å². The van der Waals surface area contributed by atoms with Crippen LogP contribution < -0.4 is 16.0 Å². The third-order valence-corrected chi connectivity index (χ3v) is 7.08. The fourth-order valence-corrected chi connectivity index (χ4v) is 5.08. The number of nitrogens with one attached hydrogen (secondary N) is 3. The van der Waals surface area contributed by atoms with Crippen LogP contribution in [0.4, 0.5) is 32.0 Å². The van der Waals surface area contributed by atoms with E-state index in [1.807, 2.05) is 34.6 Å². The number of hydrogen-bond donors (Lipinski definition) is 3. The third-order valence-electron chi connectivity index (χ3n) is 7.08. The lowest BCUT2D eigenvalue weighted by molar-refractivity contribution is -0.141. The molecule has 40 heavy (non-hydrogen) atoms. The normalized spacial score (nSPS) is 19.2. The summed E-state index contributed by atoms with van der Waals surface area (Å²) in [7, 11) is 0. The fraction of sp³-hybridized carbons (Fsp3) is 0.333. The Morgan fingerprint density at radius 1 is 0.975 bits per heavy atom. The third kappa shape index (κ3) is 5.79. The summed E-state index contributed by atoms with van der Waals surface area (Å²) in [5, 5.41) is 7.93. The van der Waals surface area contributed by atoms with Crippen molar-refractivity contribution >= 4 is 17.5 Å². The van der Waals surface area contributed by atoms with Gasteiger partial charge in [0.2, 0.25) is 5.91 Å². The highest BCUT2D eigenvalue weighted by atomic mass is 19.4. The van der Waals surface area contributed by atoms with Crippen LogP contribution in [0.1, 0.15) is 24.0 Å². The predicted molar refractivity (Wildman–Crippen MR) is 134 cm³/mol. The molecule has 1 saturated heterocycles. The van der Waals surface area contributed by atoms with E-state index >= 15 is 0 Å². The van der Waals surface area contributed by atoms with Crippen LogP contribution in [0.25, 0.3) is 0 Å². The zero-order valence-electron chi connectivity index (χ0n) is 21.0. The topological polar surface area (TPSA) is 76.7 Å². The molecule has 13 heteroatoms. The van der Waals surface area contributed by atoms with Crippen LogP contribution in [0, 0.1) is 5.92 Å². The van der Waals surface area contributed by atoms with Crippen LogP contribution in [0.3, 0.4) is 0 Å². The zero-order valence-corrected chi connectivity index (χ0v) is 21.0. The van der Waals surface area contributed by atoms with Crippen LogP contribution in [0.5, 0.6) is 0 Å². The summed E-state index contributed by atoms with van der Waals surface area (Å²) >= 11 is 0. The minimum absolute atomic E-state index is 0.107. The molecule has 4 aliphatic rings. The zero-order chi connectivity index (χ0) is 28.7. The van der Waals surface area contributed by atoms with E-state index in [-0.39, 0.29) is 18.4 Å². The van der Waals surface area contributed by atoms with Gasteiger partial charge in [0.15, 0.2) is 0 Å². The highest BCUT2D eigenvalue weighted by molar-refractivity contribution is 5.97. The van der Waals surface area contributed by atoms with Crippen LogP contribution in [-0.4, -0.2) is 47.8 Å². The highest BCUT2D eigenvalue weighted by Gasteiger charge is 2.41. The van der Waals surface area contributed by atoms with Crippen molar-refractivity contribution in [1.29, 1.82) is 0 Å². The average Bonchev–Trinajstić information content (AvgIpc) is 3.31. The van der Waals surface area contributed by atoms with Gasteiger partial charge in [-0.25, -0.2) is 0 Å². The van der Waals surface area contributed by atoms with E-state index in [0.29, 0.717) is 56.2 Å². The Kier molecular flexibility index (Phi) is 7.25. The SMILES string of the molecule is O=C(CN1CCC(CNC(=O)C2=CC3=CNC4=CC=CC(=C2)N34)CC1)Nc1c(C(F)(F)F)cccc1C(F)(F)F. The summed E-state index contributed by atoms with van der Waals surface area (Å²) in [6.45, 7) is 0.851. The molecule has 0 aliphatic carbocycles. The quantitative estimate of drug-likeness (QED) is 0.444. The summed E-state index contributed by atoms with van der Waals surface area (Å²) in [6, 6.07) is 1.66. The molecule has 0 spiro atoms. The minimum Gasteiger partial charge on any atom is -0.352 e. The Balaban J connectivity index is 1.12. The van der Waals surface area contributed by atoms with Crippen molar-refractivity contribution in [3.05, 3.63) is 88.7 Å². The van der Waals surface area contributed by atoms with Crippen LogP contribution in [0.2, 0.25) is 0 Å². The molecular weight excluding hydrogens is 540 g/mol. The first-order valence-corrected chi connectivity index (χ1v) is 12.6. The number of benzene rings is 1. The second kappa shape index (κ2) is 10.5. The summed E-state index contributed by atoms with van der Waals surface area (Å²) in [5.74, 6) is -0.179. The number of para-hydroxylation sites is 1. The van der Waals surface area contributed by atoms with Gasteiger partial charge in [-0.1, -0.05) is 12.1 Å². The number of carbonyl (C=O) groups excluding carboxylic acids is 2. The number of carbonyl (C=O) groups is 2. The Hall–Kier alpha value is -4.00. The lowest BCUT2D eigenvalue weighted by atomic mass is 9.96. The van der Waals surface area contributed by atoms with Gasteiger partial charge in [0.05, 0.1) is 29.1 Å². The van der Waals surface area contributed by atoms with Gasteiger partial charge in [-0.15, -0.1) is 0 Å². The molecule has 0 bridgehead atoms. The van der Waals surface area contributed by atoms with Crippen LogP contribution in [-0.2, 0) is 21.9 Å². The van der Waals surface area contributed by atoms with Crippen LogP contribution >= 0.6 is 0 Å². The van der Waals surface area contributed by atoms with Crippen molar-refractivity contribution in [2.24, 2.45) is 5.92 Å². The second-order valence-electron chi connectivity index (χ2n) is 9.83. The Morgan fingerprint density at radius 2 is 1.65 bits per heavy atom. The molecule has 2 amide bonds. The first kappa shape index (κ1) is 27.6. The van der Waals surface area contributed by atoms with E-state index in [9.17, 15) is 35.9 Å². The van der Waals surface area contributed by atoms with E-state index < -0.39 is 35.1 Å². The maximum absolute atomic E-state index is 13.4. The first-order valence-electron chi connectivity index (χ1n) is 12.6. The Morgan fingerprint density at radius 3 is 2.30 bits per heavy atom. The molecular formula is C27H25F6N5O2. The molecule has 1 aromatic carbocycles.